The Labute approximate surface area is 200 Å². The molecule has 2 aliphatic carbocycles. The summed E-state index contributed by atoms with van der Waals surface area (Å²) in [6, 6.07) is 11.1. The fraction of sp³-hybridized carbons (Fsp3) is 0.400. The van der Waals surface area contributed by atoms with Gasteiger partial charge >= 0.3 is 6.03 Å². The number of carbonyl (C=O) groups is 3. The van der Waals surface area contributed by atoms with Gasteiger partial charge in [-0.15, -0.1) is 0 Å². The van der Waals surface area contributed by atoms with E-state index in [2.05, 4.69) is 21.2 Å². The standard InChI is InChI=1S/C25H25BrFN3O3/c1-15(17-7-8-17)29(13-16-5-9-18(27)10-6-16)22(31)14-30-23(32)25(28-24(30)33)12-11-19-20(25)3-2-4-21(19)26/h2-6,9-10,15,17H,7-8,11-14H2,1H3,(H,28,33). The van der Waals surface area contributed by atoms with Gasteiger partial charge in [-0.2, -0.15) is 0 Å². The van der Waals surface area contributed by atoms with E-state index in [9.17, 15) is 18.8 Å². The van der Waals surface area contributed by atoms with Crippen molar-refractivity contribution in [2.45, 2.75) is 50.7 Å². The lowest BCUT2D eigenvalue weighted by atomic mass is 9.92. The van der Waals surface area contributed by atoms with E-state index in [1.54, 1.807) is 17.0 Å². The number of rotatable bonds is 6. The summed E-state index contributed by atoms with van der Waals surface area (Å²) in [5, 5.41) is 2.88. The van der Waals surface area contributed by atoms with E-state index in [1.165, 1.54) is 12.1 Å². The molecule has 5 rings (SSSR count). The van der Waals surface area contributed by atoms with Gasteiger partial charge in [0.2, 0.25) is 5.91 Å². The van der Waals surface area contributed by atoms with Crippen LogP contribution in [0.1, 0.15) is 42.9 Å². The average molecular weight is 514 g/mol. The third kappa shape index (κ3) is 3.84. The van der Waals surface area contributed by atoms with Crippen molar-refractivity contribution in [3.05, 3.63) is 69.4 Å². The Bertz CT molecular complexity index is 1130. The van der Waals surface area contributed by atoms with Crippen molar-refractivity contribution < 1.29 is 18.8 Å². The topological polar surface area (TPSA) is 69.7 Å². The average Bonchev–Trinajstić information content (AvgIpc) is 3.54. The van der Waals surface area contributed by atoms with Crippen LogP contribution in [0.2, 0.25) is 0 Å². The van der Waals surface area contributed by atoms with Gasteiger partial charge in [-0.1, -0.05) is 40.2 Å². The summed E-state index contributed by atoms with van der Waals surface area (Å²) < 4.78 is 14.3. The van der Waals surface area contributed by atoms with Crippen molar-refractivity contribution >= 4 is 33.8 Å². The van der Waals surface area contributed by atoms with Crippen LogP contribution in [0, 0.1) is 11.7 Å². The van der Waals surface area contributed by atoms with Crippen molar-refractivity contribution in [3.8, 4) is 0 Å². The number of fused-ring (bicyclic) bond motifs is 2. The third-order valence-corrected chi connectivity index (χ3v) is 7.92. The van der Waals surface area contributed by atoms with Crippen LogP contribution in [-0.4, -0.2) is 40.2 Å². The number of nitrogens with one attached hydrogen (secondary N) is 1. The second kappa shape index (κ2) is 8.24. The summed E-state index contributed by atoms with van der Waals surface area (Å²) in [6.07, 6.45) is 3.23. The zero-order chi connectivity index (χ0) is 23.3. The molecular weight excluding hydrogens is 489 g/mol. The number of hydrogen-bond acceptors (Lipinski definition) is 3. The van der Waals surface area contributed by atoms with Crippen LogP contribution >= 0.6 is 15.9 Å². The predicted molar refractivity (Wildman–Crippen MR) is 124 cm³/mol. The lowest BCUT2D eigenvalue weighted by molar-refractivity contribution is -0.141. The summed E-state index contributed by atoms with van der Waals surface area (Å²) in [5.41, 5.74) is 1.50. The number of amides is 4. The van der Waals surface area contributed by atoms with Gasteiger partial charge in [0.1, 0.15) is 17.9 Å². The second-order valence-corrected chi connectivity index (χ2v) is 10.1. The largest absolute Gasteiger partial charge is 0.334 e. The van der Waals surface area contributed by atoms with E-state index in [-0.39, 0.29) is 30.2 Å². The molecule has 1 saturated carbocycles. The van der Waals surface area contributed by atoms with Crippen LogP contribution in [0.4, 0.5) is 9.18 Å². The molecule has 1 aliphatic heterocycles. The van der Waals surface area contributed by atoms with Gasteiger partial charge in [-0.3, -0.25) is 14.5 Å². The van der Waals surface area contributed by atoms with Gasteiger partial charge in [-0.25, -0.2) is 9.18 Å². The first-order valence-electron chi connectivity index (χ1n) is 11.3. The van der Waals surface area contributed by atoms with Gasteiger partial charge in [0.25, 0.3) is 5.91 Å². The summed E-state index contributed by atoms with van der Waals surface area (Å²) in [4.78, 5) is 42.6. The molecule has 4 amide bonds. The van der Waals surface area contributed by atoms with Gasteiger partial charge in [0.15, 0.2) is 0 Å². The Balaban J connectivity index is 1.38. The normalized spacial score (nSPS) is 22.5. The fourth-order valence-corrected chi connectivity index (χ4v) is 5.65. The SMILES string of the molecule is CC(C1CC1)N(Cc1ccc(F)cc1)C(=O)CN1C(=O)NC2(CCc3c(Br)cccc32)C1=O. The van der Waals surface area contributed by atoms with Gasteiger partial charge < -0.3 is 10.2 Å². The minimum atomic E-state index is -1.11. The zero-order valence-corrected chi connectivity index (χ0v) is 19.9. The minimum absolute atomic E-state index is 0.0274. The lowest BCUT2D eigenvalue weighted by Crippen LogP contribution is -2.47. The van der Waals surface area contributed by atoms with Gasteiger partial charge in [-0.05, 0) is 73.4 Å². The van der Waals surface area contributed by atoms with Gasteiger partial charge in [0.05, 0.1) is 0 Å². The Morgan fingerprint density at radius 1 is 1.24 bits per heavy atom. The van der Waals surface area contributed by atoms with Crippen molar-refractivity contribution in [2.24, 2.45) is 5.92 Å². The first-order chi connectivity index (χ1) is 15.8. The first kappa shape index (κ1) is 22.1. The monoisotopic (exact) mass is 513 g/mol. The highest BCUT2D eigenvalue weighted by Gasteiger charge is 2.56. The molecule has 1 heterocycles. The molecule has 1 saturated heterocycles. The second-order valence-electron chi connectivity index (χ2n) is 9.22. The predicted octanol–water partition coefficient (Wildman–Crippen LogP) is 4.11. The van der Waals surface area contributed by atoms with Crippen LogP contribution in [-0.2, 0) is 28.1 Å². The minimum Gasteiger partial charge on any atom is -0.334 e. The molecule has 2 fully saturated rings. The number of carbonyl (C=O) groups excluding carboxylic acids is 3. The molecule has 0 bridgehead atoms. The third-order valence-electron chi connectivity index (χ3n) is 7.18. The highest BCUT2D eigenvalue weighted by atomic mass is 79.9. The summed E-state index contributed by atoms with van der Waals surface area (Å²) in [5.74, 6) is -0.590. The maximum absolute atomic E-state index is 13.5. The highest BCUT2D eigenvalue weighted by Crippen LogP contribution is 2.44. The number of hydrogen-bond donors (Lipinski definition) is 1. The van der Waals surface area contributed by atoms with Crippen LogP contribution in [0.5, 0.6) is 0 Å². The van der Waals surface area contributed by atoms with Crippen molar-refractivity contribution in [2.75, 3.05) is 6.54 Å². The van der Waals surface area contributed by atoms with E-state index in [4.69, 9.17) is 0 Å². The molecule has 172 valence electrons. The number of imide groups is 1. The maximum atomic E-state index is 13.5. The van der Waals surface area contributed by atoms with Crippen molar-refractivity contribution in [1.29, 1.82) is 0 Å². The quantitative estimate of drug-likeness (QED) is 0.591. The summed E-state index contributed by atoms with van der Waals surface area (Å²) in [7, 11) is 0. The summed E-state index contributed by atoms with van der Waals surface area (Å²) in [6.45, 7) is 1.99. The molecule has 0 radical (unpaired) electrons. The van der Waals surface area contributed by atoms with E-state index < -0.39 is 11.6 Å². The van der Waals surface area contributed by atoms with Crippen molar-refractivity contribution in [1.82, 2.24) is 15.1 Å². The van der Waals surface area contributed by atoms with Crippen LogP contribution in [0.3, 0.4) is 0 Å². The highest BCUT2D eigenvalue weighted by molar-refractivity contribution is 9.10. The molecule has 2 unspecified atom stereocenters. The molecule has 3 aliphatic rings. The number of nitrogens with zero attached hydrogens (tertiary/aromatic N) is 2. The van der Waals surface area contributed by atoms with Crippen LogP contribution < -0.4 is 5.32 Å². The zero-order valence-electron chi connectivity index (χ0n) is 18.3. The fourth-order valence-electron chi connectivity index (χ4n) is 5.09. The molecule has 2 aromatic carbocycles. The number of urea groups is 1. The molecule has 8 heteroatoms. The molecular formula is C25H25BrFN3O3. The van der Waals surface area contributed by atoms with E-state index in [1.807, 2.05) is 25.1 Å². The number of halogens is 2. The lowest BCUT2D eigenvalue weighted by Gasteiger charge is -2.31. The maximum Gasteiger partial charge on any atom is 0.325 e. The van der Waals surface area contributed by atoms with Crippen molar-refractivity contribution in [3.63, 3.8) is 0 Å². The molecule has 2 atom stereocenters. The first-order valence-corrected chi connectivity index (χ1v) is 12.1. The van der Waals surface area contributed by atoms with Gasteiger partial charge in [0, 0.05) is 17.1 Å². The Hall–Kier alpha value is -2.74. The Morgan fingerprint density at radius 2 is 1.97 bits per heavy atom. The van der Waals surface area contributed by atoms with E-state index in [0.717, 1.165) is 38.9 Å². The summed E-state index contributed by atoms with van der Waals surface area (Å²) >= 11 is 3.54. The smallest absolute Gasteiger partial charge is 0.325 e. The molecule has 2 aromatic rings. The Morgan fingerprint density at radius 3 is 2.67 bits per heavy atom. The molecule has 1 spiro atoms. The Kier molecular flexibility index (Phi) is 5.51. The molecule has 0 aromatic heterocycles. The van der Waals surface area contributed by atoms with Crippen LogP contribution in [0.25, 0.3) is 0 Å². The molecule has 1 N–H and O–H groups in total. The molecule has 33 heavy (non-hydrogen) atoms. The van der Waals surface area contributed by atoms with E-state index in [0.29, 0.717) is 25.3 Å². The van der Waals surface area contributed by atoms with E-state index >= 15 is 0 Å². The number of benzene rings is 2. The van der Waals surface area contributed by atoms with Crippen LogP contribution in [0.15, 0.2) is 46.9 Å². The molecule has 6 nitrogen and oxygen atoms in total.